The average Bonchev–Trinajstić information content (AvgIpc) is 2.81. The molecule has 0 saturated heterocycles. The molecule has 1 aliphatic rings. The first kappa shape index (κ1) is 13.4. The van der Waals surface area contributed by atoms with Crippen molar-refractivity contribution >= 4 is 21.6 Å². The Bertz CT molecular complexity index is 648. The number of ether oxygens (including phenoxy) is 1. The van der Waals surface area contributed by atoms with Gasteiger partial charge in [-0.05, 0) is 36.4 Å². The number of nitrogens with one attached hydrogen (secondary N) is 1. The summed E-state index contributed by atoms with van der Waals surface area (Å²) in [6.45, 7) is 0.462. The maximum atomic E-state index is 13.6. The second-order valence-corrected chi connectivity index (χ2v) is 5.62. The van der Waals surface area contributed by atoms with Crippen LogP contribution < -0.4 is 10.1 Å². The minimum Gasteiger partial charge on any atom is -0.488 e. The predicted molar refractivity (Wildman–Crippen MR) is 77.1 cm³/mol. The van der Waals surface area contributed by atoms with E-state index in [-0.39, 0.29) is 17.7 Å². The normalized spacial score (nSPS) is 16.6. The van der Waals surface area contributed by atoms with Gasteiger partial charge < -0.3 is 10.1 Å². The summed E-state index contributed by atoms with van der Waals surface area (Å²) >= 11 is 3.30. The van der Waals surface area contributed by atoms with E-state index in [1.165, 1.54) is 18.2 Å². The molecule has 1 aliphatic heterocycles. The molecule has 2 aromatic carbocycles. The van der Waals surface area contributed by atoms with E-state index in [4.69, 9.17) is 4.74 Å². The molecule has 0 fully saturated rings. The van der Waals surface area contributed by atoms with Gasteiger partial charge in [-0.2, -0.15) is 0 Å². The molecule has 0 aromatic heterocycles. The van der Waals surface area contributed by atoms with Crippen molar-refractivity contribution < 1.29 is 13.5 Å². The fourth-order valence-electron chi connectivity index (χ4n) is 2.26. The van der Waals surface area contributed by atoms with Crippen LogP contribution in [0.5, 0.6) is 5.75 Å². The zero-order valence-corrected chi connectivity index (χ0v) is 12.1. The van der Waals surface area contributed by atoms with E-state index in [9.17, 15) is 8.78 Å². The van der Waals surface area contributed by atoms with Crippen LogP contribution in [-0.2, 0) is 6.42 Å². The van der Waals surface area contributed by atoms with Gasteiger partial charge in [0.2, 0.25) is 0 Å². The lowest BCUT2D eigenvalue weighted by Gasteiger charge is -2.13. The molecule has 0 aliphatic carbocycles. The zero-order chi connectivity index (χ0) is 14.1. The molecular weight excluding hydrogens is 328 g/mol. The molecule has 5 heteroatoms. The Labute approximate surface area is 123 Å². The van der Waals surface area contributed by atoms with Crippen LogP contribution in [0, 0.1) is 11.6 Å². The van der Waals surface area contributed by atoms with E-state index in [2.05, 4.69) is 21.2 Å². The van der Waals surface area contributed by atoms with Crippen molar-refractivity contribution in [3.8, 4) is 5.75 Å². The number of hydrogen-bond acceptors (Lipinski definition) is 2. The Hall–Kier alpha value is -1.62. The first-order valence-electron chi connectivity index (χ1n) is 6.26. The van der Waals surface area contributed by atoms with E-state index < -0.39 is 0 Å². The smallest absolute Gasteiger partial charge is 0.146 e. The van der Waals surface area contributed by atoms with Crippen LogP contribution in [-0.4, -0.2) is 12.6 Å². The van der Waals surface area contributed by atoms with Crippen molar-refractivity contribution in [1.29, 1.82) is 0 Å². The van der Waals surface area contributed by atoms with Crippen LogP contribution in [0.3, 0.4) is 0 Å². The second-order valence-electron chi connectivity index (χ2n) is 4.70. The lowest BCUT2D eigenvalue weighted by molar-refractivity contribution is 0.246. The van der Waals surface area contributed by atoms with Crippen LogP contribution in [0.25, 0.3) is 0 Å². The Balaban J connectivity index is 1.65. The van der Waals surface area contributed by atoms with Gasteiger partial charge in [0.1, 0.15) is 23.5 Å². The molecule has 2 nitrogen and oxygen atoms in total. The van der Waals surface area contributed by atoms with Gasteiger partial charge >= 0.3 is 0 Å². The monoisotopic (exact) mass is 339 g/mol. The fourth-order valence-corrected chi connectivity index (χ4v) is 2.62. The highest BCUT2D eigenvalue weighted by atomic mass is 79.9. The van der Waals surface area contributed by atoms with Crippen LogP contribution in [0.4, 0.5) is 14.5 Å². The van der Waals surface area contributed by atoms with Crippen molar-refractivity contribution in [1.82, 2.24) is 0 Å². The van der Waals surface area contributed by atoms with E-state index in [1.54, 1.807) is 18.2 Å². The summed E-state index contributed by atoms with van der Waals surface area (Å²) in [6, 6.07) is 9.20. The van der Waals surface area contributed by atoms with Crippen LogP contribution in [0.1, 0.15) is 5.56 Å². The minimum absolute atomic E-state index is 0.120. The number of halogens is 3. The summed E-state index contributed by atoms with van der Waals surface area (Å²) in [5.74, 6) is 0.127. The molecule has 20 heavy (non-hydrogen) atoms. The van der Waals surface area contributed by atoms with Gasteiger partial charge in [-0.15, -0.1) is 0 Å². The maximum Gasteiger partial charge on any atom is 0.146 e. The first-order chi connectivity index (χ1) is 9.61. The fraction of sp³-hybridized carbons (Fsp3) is 0.200. The Morgan fingerprint density at radius 1 is 1.20 bits per heavy atom. The van der Waals surface area contributed by atoms with Crippen molar-refractivity contribution in [2.45, 2.75) is 12.5 Å². The third kappa shape index (κ3) is 2.77. The molecular formula is C15H12BrF2NO. The molecule has 3 rings (SSSR count). The molecule has 0 amide bonds. The summed E-state index contributed by atoms with van der Waals surface area (Å²) in [6.07, 6.45) is 0.501. The molecule has 1 heterocycles. The number of benzene rings is 2. The van der Waals surface area contributed by atoms with E-state index in [0.717, 1.165) is 10.0 Å². The van der Waals surface area contributed by atoms with Crippen LogP contribution in [0.2, 0.25) is 0 Å². The number of hydrogen-bond donors (Lipinski definition) is 1. The second kappa shape index (κ2) is 5.40. The van der Waals surface area contributed by atoms with Crippen molar-refractivity contribution in [3.05, 3.63) is 58.1 Å². The number of rotatable bonds is 3. The number of fused-ring (bicyclic) bond motifs is 1. The summed E-state index contributed by atoms with van der Waals surface area (Å²) < 4.78 is 33.2. The van der Waals surface area contributed by atoms with Gasteiger partial charge in [0.05, 0.1) is 12.2 Å². The third-order valence-electron chi connectivity index (χ3n) is 3.21. The highest BCUT2D eigenvalue weighted by Crippen LogP contribution is 2.29. The van der Waals surface area contributed by atoms with E-state index >= 15 is 0 Å². The molecule has 0 saturated carbocycles. The first-order valence-corrected chi connectivity index (χ1v) is 7.05. The predicted octanol–water partition coefficient (Wildman–Crippen LogP) is 4.14. The summed E-state index contributed by atoms with van der Waals surface area (Å²) in [7, 11) is 0. The topological polar surface area (TPSA) is 21.3 Å². The van der Waals surface area contributed by atoms with Crippen molar-refractivity contribution in [2.24, 2.45) is 0 Å². The van der Waals surface area contributed by atoms with Gasteiger partial charge in [-0.3, -0.25) is 0 Å². The van der Waals surface area contributed by atoms with Gasteiger partial charge in [-0.1, -0.05) is 15.9 Å². The Morgan fingerprint density at radius 3 is 2.90 bits per heavy atom. The average molecular weight is 340 g/mol. The van der Waals surface area contributed by atoms with E-state index in [1.807, 2.05) is 0 Å². The van der Waals surface area contributed by atoms with Gasteiger partial charge in [-0.25, -0.2) is 8.78 Å². The molecule has 1 N–H and O–H groups in total. The largest absolute Gasteiger partial charge is 0.488 e. The van der Waals surface area contributed by atoms with Crippen molar-refractivity contribution in [3.63, 3.8) is 0 Å². The van der Waals surface area contributed by atoms with Gasteiger partial charge in [0.15, 0.2) is 0 Å². The van der Waals surface area contributed by atoms with E-state index in [0.29, 0.717) is 24.4 Å². The van der Waals surface area contributed by atoms with Gasteiger partial charge in [0, 0.05) is 16.5 Å². The molecule has 0 radical (unpaired) electrons. The molecule has 2 aromatic rings. The highest BCUT2D eigenvalue weighted by Gasteiger charge is 2.23. The minimum atomic E-state index is -0.310. The Morgan fingerprint density at radius 2 is 2.05 bits per heavy atom. The molecule has 1 unspecified atom stereocenters. The lowest BCUT2D eigenvalue weighted by atomic mass is 10.1. The molecule has 104 valence electrons. The molecule has 0 bridgehead atoms. The number of anilines is 1. The summed E-state index contributed by atoms with van der Waals surface area (Å²) in [5.41, 5.74) is 1.27. The molecule has 1 atom stereocenters. The Kier molecular flexibility index (Phi) is 3.61. The zero-order valence-electron chi connectivity index (χ0n) is 10.5. The van der Waals surface area contributed by atoms with Crippen molar-refractivity contribution in [2.75, 3.05) is 11.9 Å². The van der Waals surface area contributed by atoms with Crippen LogP contribution in [0.15, 0.2) is 40.9 Å². The van der Waals surface area contributed by atoms with Gasteiger partial charge in [0.25, 0.3) is 0 Å². The highest BCUT2D eigenvalue weighted by molar-refractivity contribution is 9.10. The standard InChI is InChI=1S/C15H12BrF2NO/c16-10-1-3-13(18)14(7-10)19-8-12-6-9-5-11(17)2-4-15(9)20-12/h1-5,7,12,19H,6,8H2. The maximum absolute atomic E-state index is 13.6. The summed E-state index contributed by atoms with van der Waals surface area (Å²) in [5, 5.41) is 3.02. The SMILES string of the molecule is Fc1ccc2c(c1)CC(CNc1cc(Br)ccc1F)O2. The quantitative estimate of drug-likeness (QED) is 0.907. The molecule has 0 spiro atoms. The van der Waals surface area contributed by atoms with Crippen LogP contribution >= 0.6 is 15.9 Å². The summed E-state index contributed by atoms with van der Waals surface area (Å²) in [4.78, 5) is 0. The lowest BCUT2D eigenvalue weighted by Crippen LogP contribution is -2.24. The third-order valence-corrected chi connectivity index (χ3v) is 3.71.